The molecule has 0 bridgehead atoms. The highest BCUT2D eigenvalue weighted by molar-refractivity contribution is 7.10. The fourth-order valence-electron chi connectivity index (χ4n) is 3.46. The van der Waals surface area contributed by atoms with Crippen molar-refractivity contribution in [2.45, 2.75) is 46.2 Å². The van der Waals surface area contributed by atoms with Gasteiger partial charge in [-0.25, -0.2) is 0 Å². The fraction of sp³-hybridized carbons (Fsp3) is 0.476. The fourth-order valence-corrected chi connectivity index (χ4v) is 4.24. The first-order valence-electron chi connectivity index (χ1n) is 9.41. The number of thiophene rings is 1. The van der Waals surface area contributed by atoms with Crippen LogP contribution in [0.25, 0.3) is 0 Å². The molecular formula is C21H28N2O5S. The van der Waals surface area contributed by atoms with Crippen molar-refractivity contribution in [1.82, 2.24) is 9.88 Å². The molecule has 2 rings (SSSR count). The summed E-state index contributed by atoms with van der Waals surface area (Å²) in [5.74, 6) is -1.02. The highest BCUT2D eigenvalue weighted by atomic mass is 32.1. The van der Waals surface area contributed by atoms with Gasteiger partial charge in [0.25, 0.3) is 0 Å². The number of aromatic nitrogens is 1. The number of amides is 1. The summed E-state index contributed by atoms with van der Waals surface area (Å²) in [7, 11) is 1.64. The van der Waals surface area contributed by atoms with Crippen LogP contribution in [-0.2, 0) is 19.1 Å². The molecule has 2 atom stereocenters. The van der Waals surface area contributed by atoms with Gasteiger partial charge in [-0.1, -0.05) is 6.07 Å². The van der Waals surface area contributed by atoms with Crippen molar-refractivity contribution in [3.8, 4) is 0 Å². The predicted octanol–water partition coefficient (Wildman–Crippen LogP) is 3.37. The SMILES string of the molecule is COCC(C)n1c(C)cc(C(=O)COC(=O)CC(NC(C)=O)c2cccs2)c1C. The minimum absolute atomic E-state index is 0.0305. The number of ether oxygens (including phenoxy) is 2. The van der Waals surface area contributed by atoms with Crippen molar-refractivity contribution in [2.24, 2.45) is 0 Å². The lowest BCUT2D eigenvalue weighted by Crippen LogP contribution is -2.28. The average Bonchev–Trinajstić information content (AvgIpc) is 3.27. The standard InChI is InChI=1S/C21H28N2O5S/c1-13-9-17(15(3)23(13)14(2)11-27-5)19(25)12-28-21(26)10-18(22-16(4)24)20-7-6-8-29-20/h6-9,14,18H,10-12H2,1-5H3,(H,22,24). The zero-order valence-electron chi connectivity index (χ0n) is 17.5. The topological polar surface area (TPSA) is 86.6 Å². The van der Waals surface area contributed by atoms with Gasteiger partial charge in [0.15, 0.2) is 6.61 Å². The number of hydrogen-bond donors (Lipinski definition) is 1. The van der Waals surface area contributed by atoms with Crippen LogP contribution in [0.2, 0.25) is 0 Å². The van der Waals surface area contributed by atoms with Gasteiger partial charge in [-0.2, -0.15) is 0 Å². The Bertz CT molecular complexity index is 857. The molecule has 2 aromatic rings. The summed E-state index contributed by atoms with van der Waals surface area (Å²) in [5.41, 5.74) is 2.31. The molecule has 0 aliphatic heterocycles. The molecule has 0 aliphatic rings. The molecule has 0 saturated carbocycles. The predicted molar refractivity (Wildman–Crippen MR) is 111 cm³/mol. The quantitative estimate of drug-likeness (QED) is 0.470. The zero-order chi connectivity index (χ0) is 21.6. The molecule has 2 aromatic heterocycles. The van der Waals surface area contributed by atoms with Crippen LogP contribution in [0, 0.1) is 13.8 Å². The highest BCUT2D eigenvalue weighted by Crippen LogP contribution is 2.23. The van der Waals surface area contributed by atoms with Gasteiger partial charge < -0.3 is 19.4 Å². The van der Waals surface area contributed by atoms with Gasteiger partial charge in [0.1, 0.15) is 0 Å². The second-order valence-corrected chi connectivity index (χ2v) is 7.99. The molecule has 8 heteroatoms. The summed E-state index contributed by atoms with van der Waals surface area (Å²) in [6.45, 7) is 7.42. The third-order valence-corrected chi connectivity index (χ3v) is 5.62. The number of carbonyl (C=O) groups is 3. The molecule has 29 heavy (non-hydrogen) atoms. The van der Waals surface area contributed by atoms with Crippen LogP contribution in [0.3, 0.4) is 0 Å². The van der Waals surface area contributed by atoms with Gasteiger partial charge in [0.05, 0.1) is 25.1 Å². The molecule has 1 N–H and O–H groups in total. The molecule has 158 valence electrons. The first kappa shape index (κ1) is 22.8. The molecule has 2 heterocycles. The molecule has 7 nitrogen and oxygen atoms in total. The number of carbonyl (C=O) groups excluding carboxylic acids is 3. The number of esters is 1. The number of methoxy groups -OCH3 is 1. The third-order valence-electron chi connectivity index (χ3n) is 4.63. The number of rotatable bonds is 10. The maximum absolute atomic E-state index is 12.6. The van der Waals surface area contributed by atoms with Crippen molar-refractivity contribution in [2.75, 3.05) is 20.3 Å². The smallest absolute Gasteiger partial charge is 0.308 e. The second-order valence-electron chi connectivity index (χ2n) is 7.02. The lowest BCUT2D eigenvalue weighted by Gasteiger charge is -2.17. The molecule has 0 spiro atoms. The molecular weight excluding hydrogens is 392 g/mol. The van der Waals surface area contributed by atoms with E-state index in [2.05, 4.69) is 5.32 Å². The van der Waals surface area contributed by atoms with Crippen LogP contribution >= 0.6 is 11.3 Å². The molecule has 0 fully saturated rings. The Labute approximate surface area is 175 Å². The van der Waals surface area contributed by atoms with E-state index in [0.29, 0.717) is 12.2 Å². The van der Waals surface area contributed by atoms with Gasteiger partial charge in [-0.05, 0) is 38.3 Å². The summed E-state index contributed by atoms with van der Waals surface area (Å²) in [6, 6.07) is 5.14. The van der Waals surface area contributed by atoms with E-state index in [4.69, 9.17) is 9.47 Å². The lowest BCUT2D eigenvalue weighted by molar-refractivity contribution is -0.143. The van der Waals surface area contributed by atoms with E-state index in [1.165, 1.54) is 18.3 Å². The van der Waals surface area contributed by atoms with Crippen LogP contribution in [-0.4, -0.2) is 42.6 Å². The Balaban J connectivity index is 2.00. The van der Waals surface area contributed by atoms with Crippen molar-refractivity contribution in [3.05, 3.63) is 45.4 Å². The maximum atomic E-state index is 12.6. The van der Waals surface area contributed by atoms with Gasteiger partial charge in [0.2, 0.25) is 11.7 Å². The van der Waals surface area contributed by atoms with E-state index in [0.717, 1.165) is 16.3 Å². The zero-order valence-corrected chi connectivity index (χ0v) is 18.3. The minimum atomic E-state index is -0.535. The maximum Gasteiger partial charge on any atom is 0.308 e. The molecule has 0 aromatic carbocycles. The Morgan fingerprint density at radius 2 is 2.00 bits per heavy atom. The average molecular weight is 421 g/mol. The van der Waals surface area contributed by atoms with Crippen LogP contribution < -0.4 is 5.32 Å². The van der Waals surface area contributed by atoms with Crippen LogP contribution in [0.5, 0.6) is 0 Å². The van der Waals surface area contributed by atoms with Crippen molar-refractivity contribution in [3.63, 3.8) is 0 Å². The van der Waals surface area contributed by atoms with Gasteiger partial charge in [0, 0.05) is 35.9 Å². The number of aryl methyl sites for hydroxylation is 1. The largest absolute Gasteiger partial charge is 0.457 e. The Hall–Kier alpha value is -2.45. The van der Waals surface area contributed by atoms with E-state index in [-0.39, 0.29) is 30.8 Å². The van der Waals surface area contributed by atoms with E-state index in [1.807, 2.05) is 48.9 Å². The molecule has 0 saturated heterocycles. The molecule has 0 aliphatic carbocycles. The molecule has 1 amide bonds. The Kier molecular flexibility index (Phi) is 8.16. The van der Waals surface area contributed by atoms with Crippen LogP contribution in [0.4, 0.5) is 0 Å². The van der Waals surface area contributed by atoms with E-state index >= 15 is 0 Å². The summed E-state index contributed by atoms with van der Waals surface area (Å²) in [4.78, 5) is 37.2. The molecule has 0 radical (unpaired) electrons. The number of Topliss-reactive ketones (excluding diaryl/α,β-unsaturated/α-hetero) is 1. The Morgan fingerprint density at radius 1 is 1.28 bits per heavy atom. The van der Waals surface area contributed by atoms with Crippen LogP contribution in [0.1, 0.15) is 59.0 Å². The van der Waals surface area contributed by atoms with E-state index in [9.17, 15) is 14.4 Å². The first-order chi connectivity index (χ1) is 13.7. The highest BCUT2D eigenvalue weighted by Gasteiger charge is 2.22. The normalized spacial score (nSPS) is 13.0. The molecule has 2 unspecified atom stereocenters. The lowest BCUT2D eigenvalue weighted by atomic mass is 10.1. The number of nitrogens with zero attached hydrogens (tertiary/aromatic N) is 1. The Morgan fingerprint density at radius 3 is 2.59 bits per heavy atom. The summed E-state index contributed by atoms with van der Waals surface area (Å²) in [6.07, 6.45) is -0.0305. The number of hydrogen-bond acceptors (Lipinski definition) is 6. The van der Waals surface area contributed by atoms with Crippen molar-refractivity contribution >= 4 is 29.0 Å². The number of nitrogens with one attached hydrogen (secondary N) is 1. The van der Waals surface area contributed by atoms with Crippen molar-refractivity contribution < 1.29 is 23.9 Å². The first-order valence-corrected chi connectivity index (χ1v) is 10.3. The van der Waals surface area contributed by atoms with Gasteiger partial charge in [-0.15, -0.1) is 11.3 Å². The number of ketones is 1. The summed E-state index contributed by atoms with van der Waals surface area (Å²) >= 11 is 1.45. The van der Waals surface area contributed by atoms with Crippen LogP contribution in [0.15, 0.2) is 23.6 Å². The van der Waals surface area contributed by atoms with E-state index < -0.39 is 12.0 Å². The second kappa shape index (κ2) is 10.4. The van der Waals surface area contributed by atoms with Gasteiger partial charge in [-0.3, -0.25) is 14.4 Å². The monoisotopic (exact) mass is 420 g/mol. The van der Waals surface area contributed by atoms with Crippen molar-refractivity contribution in [1.29, 1.82) is 0 Å². The van der Waals surface area contributed by atoms with E-state index in [1.54, 1.807) is 7.11 Å². The summed E-state index contributed by atoms with van der Waals surface area (Å²) in [5, 5.41) is 4.62. The third kappa shape index (κ3) is 6.01. The van der Waals surface area contributed by atoms with Gasteiger partial charge >= 0.3 is 5.97 Å². The minimum Gasteiger partial charge on any atom is -0.457 e. The summed E-state index contributed by atoms with van der Waals surface area (Å²) < 4.78 is 12.5.